The van der Waals surface area contributed by atoms with E-state index in [9.17, 15) is 5.11 Å². The van der Waals surface area contributed by atoms with Gasteiger partial charge in [0, 0.05) is 13.2 Å². The van der Waals surface area contributed by atoms with Crippen LogP contribution in [0.4, 0.5) is 0 Å². The summed E-state index contributed by atoms with van der Waals surface area (Å²) in [6, 6.07) is 0. The van der Waals surface area contributed by atoms with Crippen LogP contribution in [0.25, 0.3) is 0 Å². The van der Waals surface area contributed by atoms with Gasteiger partial charge in [-0.1, -0.05) is 6.92 Å². The van der Waals surface area contributed by atoms with Crippen molar-refractivity contribution in [1.82, 2.24) is 0 Å². The predicted molar refractivity (Wildman–Crippen MR) is 70.1 cm³/mol. The zero-order valence-corrected chi connectivity index (χ0v) is 11.8. The molecule has 1 unspecified atom stereocenters. The standard InChI is InChI=1S/C13H29NO3/c1-5-13(15,11-14)7-6-8-16-9-10-17-12(2,3)4/h15H,5-11,14H2,1-4H3. The molecule has 0 aromatic carbocycles. The second-order valence-corrected chi connectivity index (χ2v) is 5.46. The number of rotatable bonds is 9. The SMILES string of the molecule is CCC(O)(CN)CCCOCCOC(C)(C)C. The minimum absolute atomic E-state index is 0.106. The average Bonchev–Trinajstić information content (AvgIpc) is 2.26. The number of hydrogen-bond donors (Lipinski definition) is 2. The summed E-state index contributed by atoms with van der Waals surface area (Å²) in [5, 5.41) is 9.93. The molecule has 0 bridgehead atoms. The Hall–Kier alpha value is -0.160. The van der Waals surface area contributed by atoms with Gasteiger partial charge in [0.2, 0.25) is 0 Å². The maximum Gasteiger partial charge on any atom is 0.0767 e. The summed E-state index contributed by atoms with van der Waals surface area (Å²) in [7, 11) is 0. The molecule has 0 amide bonds. The Labute approximate surface area is 105 Å². The minimum atomic E-state index is -0.717. The molecule has 3 N–H and O–H groups in total. The summed E-state index contributed by atoms with van der Waals surface area (Å²) in [4.78, 5) is 0. The van der Waals surface area contributed by atoms with Gasteiger partial charge in [-0.25, -0.2) is 0 Å². The molecule has 1 atom stereocenters. The molecule has 0 rings (SSSR count). The first-order valence-corrected chi connectivity index (χ1v) is 6.47. The van der Waals surface area contributed by atoms with Gasteiger partial charge in [-0.15, -0.1) is 0 Å². The van der Waals surface area contributed by atoms with Crippen LogP contribution in [-0.4, -0.2) is 42.7 Å². The van der Waals surface area contributed by atoms with Crippen molar-refractivity contribution in [3.05, 3.63) is 0 Å². The number of nitrogens with two attached hydrogens (primary N) is 1. The fraction of sp³-hybridized carbons (Fsp3) is 1.00. The van der Waals surface area contributed by atoms with E-state index >= 15 is 0 Å². The van der Waals surface area contributed by atoms with Gasteiger partial charge in [0.1, 0.15) is 0 Å². The van der Waals surface area contributed by atoms with Crippen LogP contribution in [0.3, 0.4) is 0 Å². The lowest BCUT2D eigenvalue weighted by Gasteiger charge is -2.24. The molecule has 0 saturated carbocycles. The second kappa shape index (κ2) is 8.03. The lowest BCUT2D eigenvalue weighted by atomic mass is 9.95. The monoisotopic (exact) mass is 247 g/mol. The highest BCUT2D eigenvalue weighted by atomic mass is 16.5. The Bertz CT molecular complexity index is 186. The van der Waals surface area contributed by atoms with Gasteiger partial charge in [-0.05, 0) is 40.0 Å². The normalized spacial score (nSPS) is 15.9. The Kier molecular flexibility index (Phi) is 7.96. The van der Waals surface area contributed by atoms with E-state index in [1.807, 2.05) is 27.7 Å². The van der Waals surface area contributed by atoms with Crippen LogP contribution in [0.5, 0.6) is 0 Å². The van der Waals surface area contributed by atoms with Crippen LogP contribution in [-0.2, 0) is 9.47 Å². The van der Waals surface area contributed by atoms with Gasteiger partial charge in [-0.2, -0.15) is 0 Å². The molecule has 104 valence electrons. The molecule has 0 saturated heterocycles. The molecular formula is C13H29NO3. The van der Waals surface area contributed by atoms with Crippen molar-refractivity contribution in [3.63, 3.8) is 0 Å². The first-order valence-electron chi connectivity index (χ1n) is 6.47. The fourth-order valence-corrected chi connectivity index (χ4v) is 1.44. The lowest BCUT2D eigenvalue weighted by Crippen LogP contribution is -2.37. The molecule has 0 heterocycles. The third-order valence-electron chi connectivity index (χ3n) is 2.73. The largest absolute Gasteiger partial charge is 0.389 e. The van der Waals surface area contributed by atoms with Gasteiger partial charge in [0.15, 0.2) is 0 Å². The van der Waals surface area contributed by atoms with Crippen LogP contribution >= 0.6 is 0 Å². The zero-order valence-electron chi connectivity index (χ0n) is 11.8. The Morgan fingerprint density at radius 3 is 2.24 bits per heavy atom. The van der Waals surface area contributed by atoms with Gasteiger partial charge in [0.05, 0.1) is 24.4 Å². The Morgan fingerprint density at radius 1 is 1.12 bits per heavy atom. The van der Waals surface area contributed by atoms with Gasteiger partial charge >= 0.3 is 0 Å². The van der Waals surface area contributed by atoms with Crippen LogP contribution in [0.1, 0.15) is 47.0 Å². The van der Waals surface area contributed by atoms with E-state index in [2.05, 4.69) is 0 Å². The second-order valence-electron chi connectivity index (χ2n) is 5.46. The van der Waals surface area contributed by atoms with Crippen molar-refractivity contribution in [2.75, 3.05) is 26.4 Å². The van der Waals surface area contributed by atoms with E-state index in [-0.39, 0.29) is 5.60 Å². The molecule has 0 aliphatic heterocycles. The molecule has 0 fully saturated rings. The molecule has 0 spiro atoms. The van der Waals surface area contributed by atoms with Crippen molar-refractivity contribution in [2.45, 2.75) is 58.2 Å². The highest BCUT2D eigenvalue weighted by molar-refractivity contribution is 4.77. The van der Waals surface area contributed by atoms with E-state index in [1.165, 1.54) is 0 Å². The Balaban J connectivity index is 3.41. The molecule has 4 nitrogen and oxygen atoms in total. The quantitative estimate of drug-likeness (QED) is 0.609. The summed E-state index contributed by atoms with van der Waals surface area (Å²) in [5.74, 6) is 0. The zero-order chi connectivity index (χ0) is 13.4. The summed E-state index contributed by atoms with van der Waals surface area (Å²) in [6.07, 6.45) is 2.22. The van der Waals surface area contributed by atoms with Crippen molar-refractivity contribution < 1.29 is 14.6 Å². The third kappa shape index (κ3) is 9.53. The molecule has 0 aliphatic rings. The van der Waals surface area contributed by atoms with Crippen LogP contribution in [0.15, 0.2) is 0 Å². The van der Waals surface area contributed by atoms with E-state index in [0.29, 0.717) is 39.2 Å². The molecule has 0 aliphatic carbocycles. The molecule has 0 radical (unpaired) electrons. The number of aliphatic hydroxyl groups is 1. The predicted octanol–water partition coefficient (Wildman–Crippen LogP) is 1.70. The maximum atomic E-state index is 9.93. The van der Waals surface area contributed by atoms with Crippen molar-refractivity contribution in [2.24, 2.45) is 5.73 Å². The summed E-state index contributed by atoms with van der Waals surface area (Å²) >= 11 is 0. The van der Waals surface area contributed by atoms with E-state index < -0.39 is 5.60 Å². The van der Waals surface area contributed by atoms with E-state index in [4.69, 9.17) is 15.2 Å². The summed E-state index contributed by atoms with van der Waals surface area (Å²) < 4.78 is 11.0. The van der Waals surface area contributed by atoms with Gasteiger partial charge in [-0.3, -0.25) is 0 Å². The number of ether oxygens (including phenoxy) is 2. The average molecular weight is 247 g/mol. The molecule has 0 aromatic rings. The third-order valence-corrected chi connectivity index (χ3v) is 2.73. The first kappa shape index (κ1) is 16.8. The molecule has 0 aromatic heterocycles. The lowest BCUT2D eigenvalue weighted by molar-refractivity contribution is -0.0379. The molecule has 4 heteroatoms. The smallest absolute Gasteiger partial charge is 0.0767 e. The highest BCUT2D eigenvalue weighted by Crippen LogP contribution is 2.15. The minimum Gasteiger partial charge on any atom is -0.389 e. The van der Waals surface area contributed by atoms with Gasteiger partial charge in [0.25, 0.3) is 0 Å². The number of hydrogen-bond acceptors (Lipinski definition) is 4. The van der Waals surface area contributed by atoms with Crippen molar-refractivity contribution in [1.29, 1.82) is 0 Å². The summed E-state index contributed by atoms with van der Waals surface area (Å²) in [5.41, 5.74) is 4.69. The Morgan fingerprint density at radius 2 is 1.76 bits per heavy atom. The van der Waals surface area contributed by atoms with Crippen molar-refractivity contribution >= 4 is 0 Å². The van der Waals surface area contributed by atoms with E-state index in [1.54, 1.807) is 0 Å². The molecular weight excluding hydrogens is 218 g/mol. The summed E-state index contributed by atoms with van der Waals surface area (Å²) in [6.45, 7) is 10.2. The van der Waals surface area contributed by atoms with Crippen LogP contribution in [0, 0.1) is 0 Å². The highest BCUT2D eigenvalue weighted by Gasteiger charge is 2.21. The molecule has 17 heavy (non-hydrogen) atoms. The van der Waals surface area contributed by atoms with E-state index in [0.717, 1.165) is 6.42 Å². The van der Waals surface area contributed by atoms with Crippen LogP contribution in [0.2, 0.25) is 0 Å². The van der Waals surface area contributed by atoms with Crippen molar-refractivity contribution in [3.8, 4) is 0 Å². The van der Waals surface area contributed by atoms with Gasteiger partial charge < -0.3 is 20.3 Å². The maximum absolute atomic E-state index is 9.93. The van der Waals surface area contributed by atoms with Crippen LogP contribution < -0.4 is 5.73 Å². The first-order chi connectivity index (χ1) is 7.83. The topological polar surface area (TPSA) is 64.7 Å². The fourth-order valence-electron chi connectivity index (χ4n) is 1.44.